The number of anilines is 1. The molecule has 1 saturated carbocycles. The molecule has 1 fully saturated rings. The van der Waals surface area contributed by atoms with Gasteiger partial charge in [-0.15, -0.1) is 0 Å². The number of hydrogen-bond acceptors (Lipinski definition) is 2. The zero-order chi connectivity index (χ0) is 12.5. The molecule has 0 aromatic heterocycles. The van der Waals surface area contributed by atoms with E-state index in [1.807, 2.05) is 0 Å². The van der Waals surface area contributed by atoms with Gasteiger partial charge >= 0.3 is 0 Å². The van der Waals surface area contributed by atoms with E-state index in [4.69, 9.17) is 28.9 Å². The van der Waals surface area contributed by atoms with Crippen molar-refractivity contribution < 1.29 is 4.79 Å². The van der Waals surface area contributed by atoms with Gasteiger partial charge in [-0.05, 0) is 37.5 Å². The third kappa shape index (κ3) is 3.12. The first-order valence-electron chi connectivity index (χ1n) is 5.52. The van der Waals surface area contributed by atoms with Crippen LogP contribution in [0.25, 0.3) is 0 Å². The van der Waals surface area contributed by atoms with Gasteiger partial charge in [0.2, 0.25) is 5.91 Å². The molecule has 3 nitrogen and oxygen atoms in total. The highest BCUT2D eigenvalue weighted by Crippen LogP contribution is 2.33. The van der Waals surface area contributed by atoms with Crippen LogP contribution in [-0.4, -0.2) is 11.4 Å². The van der Waals surface area contributed by atoms with Crippen LogP contribution in [0.15, 0.2) is 18.2 Å². The summed E-state index contributed by atoms with van der Waals surface area (Å²) in [5, 5.41) is 3.73. The molecule has 92 valence electrons. The van der Waals surface area contributed by atoms with Crippen LogP contribution in [0.1, 0.15) is 25.7 Å². The summed E-state index contributed by atoms with van der Waals surface area (Å²) in [6.07, 6.45) is 3.26. The Bertz CT molecular complexity index is 444. The minimum Gasteiger partial charge on any atom is -0.325 e. The van der Waals surface area contributed by atoms with Crippen molar-refractivity contribution in [2.45, 2.75) is 31.2 Å². The number of rotatable bonds is 3. The lowest BCUT2D eigenvalue weighted by atomic mass is 9.75. The lowest BCUT2D eigenvalue weighted by Crippen LogP contribution is -2.48. The number of benzene rings is 1. The van der Waals surface area contributed by atoms with Gasteiger partial charge in [-0.3, -0.25) is 4.79 Å². The third-order valence-electron chi connectivity index (χ3n) is 3.07. The predicted molar refractivity (Wildman–Crippen MR) is 70.5 cm³/mol. The van der Waals surface area contributed by atoms with Crippen molar-refractivity contribution in [2.75, 3.05) is 5.32 Å². The monoisotopic (exact) mass is 272 g/mol. The van der Waals surface area contributed by atoms with Crippen molar-refractivity contribution in [3.63, 3.8) is 0 Å². The summed E-state index contributed by atoms with van der Waals surface area (Å²) >= 11 is 11.7. The Hall–Kier alpha value is -0.770. The molecule has 2 rings (SSSR count). The molecule has 3 N–H and O–H groups in total. The molecule has 0 saturated heterocycles. The molecule has 0 spiro atoms. The first-order chi connectivity index (χ1) is 7.98. The lowest BCUT2D eigenvalue weighted by molar-refractivity contribution is -0.118. The molecule has 17 heavy (non-hydrogen) atoms. The highest BCUT2D eigenvalue weighted by molar-refractivity contribution is 6.36. The standard InChI is InChI=1S/C12H14Cl2N2O/c13-8-2-3-10(9(14)6-8)16-11(17)7-12(15)4-1-5-12/h2-3,6H,1,4-5,7,15H2,(H,16,17). The summed E-state index contributed by atoms with van der Waals surface area (Å²) in [4.78, 5) is 11.8. The Morgan fingerprint density at radius 2 is 2.12 bits per heavy atom. The quantitative estimate of drug-likeness (QED) is 0.888. The molecule has 0 radical (unpaired) electrons. The van der Waals surface area contributed by atoms with Gasteiger partial charge in [0, 0.05) is 17.0 Å². The molecule has 0 unspecified atom stereocenters. The van der Waals surface area contributed by atoms with Crippen LogP contribution >= 0.6 is 23.2 Å². The van der Waals surface area contributed by atoms with Crippen molar-refractivity contribution in [1.82, 2.24) is 0 Å². The second-order valence-corrected chi connectivity index (χ2v) is 5.41. The predicted octanol–water partition coefficient (Wildman–Crippen LogP) is 3.20. The van der Waals surface area contributed by atoms with E-state index < -0.39 is 0 Å². The Morgan fingerprint density at radius 3 is 2.65 bits per heavy atom. The minimum atomic E-state index is -0.316. The van der Waals surface area contributed by atoms with E-state index in [-0.39, 0.29) is 11.4 Å². The molecule has 0 bridgehead atoms. The van der Waals surface area contributed by atoms with E-state index in [1.165, 1.54) is 0 Å². The van der Waals surface area contributed by atoms with E-state index in [0.717, 1.165) is 19.3 Å². The summed E-state index contributed by atoms with van der Waals surface area (Å²) in [6, 6.07) is 4.97. The summed E-state index contributed by atoms with van der Waals surface area (Å²) < 4.78 is 0. The van der Waals surface area contributed by atoms with Gasteiger partial charge < -0.3 is 11.1 Å². The van der Waals surface area contributed by atoms with E-state index in [0.29, 0.717) is 22.2 Å². The van der Waals surface area contributed by atoms with Gasteiger partial charge in [0.15, 0.2) is 0 Å². The van der Waals surface area contributed by atoms with Gasteiger partial charge in [-0.2, -0.15) is 0 Å². The molecule has 0 aliphatic heterocycles. The summed E-state index contributed by atoms with van der Waals surface area (Å²) in [6.45, 7) is 0. The minimum absolute atomic E-state index is 0.101. The average molecular weight is 273 g/mol. The van der Waals surface area contributed by atoms with Gasteiger partial charge in [-0.25, -0.2) is 0 Å². The van der Waals surface area contributed by atoms with Crippen molar-refractivity contribution in [1.29, 1.82) is 0 Å². The number of amides is 1. The normalized spacial score (nSPS) is 17.4. The number of carbonyl (C=O) groups excluding carboxylic acids is 1. The Labute approximate surface area is 110 Å². The third-order valence-corrected chi connectivity index (χ3v) is 3.61. The molecule has 0 atom stereocenters. The van der Waals surface area contributed by atoms with Crippen LogP contribution in [0, 0.1) is 0 Å². The van der Waals surface area contributed by atoms with Gasteiger partial charge in [0.05, 0.1) is 10.7 Å². The number of halogens is 2. The summed E-state index contributed by atoms with van der Waals surface area (Å²) in [5.41, 5.74) is 6.26. The van der Waals surface area contributed by atoms with E-state index in [9.17, 15) is 4.79 Å². The van der Waals surface area contributed by atoms with E-state index in [1.54, 1.807) is 18.2 Å². The first-order valence-corrected chi connectivity index (χ1v) is 6.28. The van der Waals surface area contributed by atoms with Crippen LogP contribution in [0.4, 0.5) is 5.69 Å². The number of nitrogens with one attached hydrogen (secondary N) is 1. The highest BCUT2D eigenvalue weighted by Gasteiger charge is 2.34. The maximum absolute atomic E-state index is 11.8. The smallest absolute Gasteiger partial charge is 0.226 e. The molecule has 1 aliphatic carbocycles. The van der Waals surface area contributed by atoms with Gasteiger partial charge in [0.25, 0.3) is 0 Å². The average Bonchev–Trinajstić information content (AvgIpc) is 2.20. The summed E-state index contributed by atoms with van der Waals surface area (Å²) in [7, 11) is 0. The SMILES string of the molecule is NC1(CC(=O)Nc2ccc(Cl)cc2Cl)CCC1. The Kier molecular flexibility index (Phi) is 3.61. The molecular weight excluding hydrogens is 259 g/mol. The number of nitrogens with two attached hydrogens (primary N) is 1. The maximum atomic E-state index is 11.8. The molecule has 0 heterocycles. The van der Waals surface area contributed by atoms with Crippen molar-refractivity contribution in [3.05, 3.63) is 28.2 Å². The fourth-order valence-electron chi connectivity index (χ4n) is 1.91. The van der Waals surface area contributed by atoms with E-state index >= 15 is 0 Å². The summed E-state index contributed by atoms with van der Waals surface area (Å²) in [5.74, 6) is -0.101. The van der Waals surface area contributed by atoms with Crippen molar-refractivity contribution in [3.8, 4) is 0 Å². The van der Waals surface area contributed by atoms with Crippen LogP contribution in [-0.2, 0) is 4.79 Å². The fourth-order valence-corrected chi connectivity index (χ4v) is 2.37. The highest BCUT2D eigenvalue weighted by atomic mass is 35.5. The van der Waals surface area contributed by atoms with Crippen molar-refractivity contribution >= 4 is 34.8 Å². The first kappa shape index (κ1) is 12.7. The zero-order valence-electron chi connectivity index (χ0n) is 9.30. The van der Waals surface area contributed by atoms with Gasteiger partial charge in [0.1, 0.15) is 0 Å². The Balaban J connectivity index is 1.98. The molecule has 1 aromatic rings. The number of carbonyl (C=O) groups is 1. The zero-order valence-corrected chi connectivity index (χ0v) is 10.8. The molecule has 5 heteroatoms. The Morgan fingerprint density at radius 1 is 1.41 bits per heavy atom. The topological polar surface area (TPSA) is 55.1 Å². The van der Waals surface area contributed by atoms with E-state index in [2.05, 4.69) is 5.32 Å². The second-order valence-electron chi connectivity index (χ2n) is 4.57. The van der Waals surface area contributed by atoms with Gasteiger partial charge in [-0.1, -0.05) is 23.2 Å². The maximum Gasteiger partial charge on any atom is 0.226 e. The van der Waals surface area contributed by atoms with Crippen LogP contribution in [0.3, 0.4) is 0 Å². The van der Waals surface area contributed by atoms with Crippen LogP contribution in [0.5, 0.6) is 0 Å². The van der Waals surface area contributed by atoms with Crippen molar-refractivity contribution in [2.24, 2.45) is 5.73 Å². The fraction of sp³-hybridized carbons (Fsp3) is 0.417. The molecular formula is C12H14Cl2N2O. The largest absolute Gasteiger partial charge is 0.325 e. The van der Waals surface area contributed by atoms with Crippen LogP contribution in [0.2, 0.25) is 10.0 Å². The molecule has 1 amide bonds. The molecule has 1 aliphatic rings. The number of hydrogen-bond donors (Lipinski definition) is 2. The van der Waals surface area contributed by atoms with Crippen LogP contribution < -0.4 is 11.1 Å². The molecule has 1 aromatic carbocycles. The lowest BCUT2D eigenvalue weighted by Gasteiger charge is -2.37. The second kappa shape index (κ2) is 4.84.